The van der Waals surface area contributed by atoms with Crippen molar-refractivity contribution in [1.29, 1.82) is 5.41 Å². The van der Waals surface area contributed by atoms with Crippen molar-refractivity contribution in [3.63, 3.8) is 0 Å². The van der Waals surface area contributed by atoms with E-state index in [1.165, 1.54) is 36.5 Å². The zero-order valence-electron chi connectivity index (χ0n) is 15.8. The summed E-state index contributed by atoms with van der Waals surface area (Å²) in [6, 6.07) is 10.0. The van der Waals surface area contributed by atoms with Crippen LogP contribution >= 0.6 is 11.8 Å². The quantitative estimate of drug-likeness (QED) is 0.230. The van der Waals surface area contributed by atoms with Gasteiger partial charge in [0.05, 0.1) is 16.9 Å². The molecule has 2 aromatic carbocycles. The monoisotopic (exact) mass is 443 g/mol. The summed E-state index contributed by atoms with van der Waals surface area (Å²) in [5.74, 6) is -2.28. The molecular weight excluding hydrogens is 428 g/mol. The molecule has 1 heterocycles. The number of nitrogens with two attached hydrogens (primary N) is 1. The summed E-state index contributed by atoms with van der Waals surface area (Å²) in [7, 11) is 0. The summed E-state index contributed by atoms with van der Waals surface area (Å²) in [6.45, 7) is 0. The van der Waals surface area contributed by atoms with E-state index in [9.17, 15) is 23.7 Å². The van der Waals surface area contributed by atoms with E-state index >= 15 is 0 Å². The number of amidine groups is 1. The number of nitrogen functional groups attached to an aromatic ring is 1. The van der Waals surface area contributed by atoms with Gasteiger partial charge in [0.1, 0.15) is 23.3 Å². The number of carbonyl (C=O) groups excluding carboxylic acids is 1. The Hall–Kier alpha value is -3.86. The third-order valence-corrected chi connectivity index (χ3v) is 4.94. The minimum absolute atomic E-state index is 0.00425. The van der Waals surface area contributed by atoms with E-state index in [4.69, 9.17) is 11.1 Å². The van der Waals surface area contributed by atoms with Gasteiger partial charge in [-0.2, -0.15) is 0 Å². The minimum atomic E-state index is -0.725. The van der Waals surface area contributed by atoms with E-state index in [0.29, 0.717) is 15.4 Å². The molecule has 1 aromatic heterocycles. The smallest absolute Gasteiger partial charge is 0.269 e. The number of aromatic nitrogens is 1. The van der Waals surface area contributed by atoms with Crippen molar-refractivity contribution in [1.82, 2.24) is 10.3 Å². The summed E-state index contributed by atoms with van der Waals surface area (Å²) in [5.41, 5.74) is 6.38. The van der Waals surface area contributed by atoms with E-state index in [0.717, 1.165) is 30.0 Å². The lowest BCUT2D eigenvalue weighted by atomic mass is 10.1. The van der Waals surface area contributed by atoms with Gasteiger partial charge in [0.25, 0.3) is 5.69 Å². The molecule has 8 nitrogen and oxygen atoms in total. The van der Waals surface area contributed by atoms with Crippen LogP contribution in [-0.2, 0) is 11.2 Å². The van der Waals surface area contributed by atoms with Crippen molar-refractivity contribution in [3.05, 3.63) is 87.6 Å². The Morgan fingerprint density at radius 1 is 1.13 bits per heavy atom. The van der Waals surface area contributed by atoms with Gasteiger partial charge in [-0.05, 0) is 23.8 Å². The number of rotatable bonds is 6. The lowest BCUT2D eigenvalue weighted by molar-refractivity contribution is -0.384. The van der Waals surface area contributed by atoms with Crippen molar-refractivity contribution in [3.8, 4) is 0 Å². The van der Waals surface area contributed by atoms with E-state index < -0.39 is 22.5 Å². The van der Waals surface area contributed by atoms with Crippen LogP contribution in [0.1, 0.15) is 11.1 Å². The molecule has 0 aliphatic heterocycles. The Kier molecular flexibility index (Phi) is 6.55. The molecule has 158 valence electrons. The standard InChI is InChI=1S/C20H15F2N5O3S/c21-12-6-13(22)8-15(7-12)31-16-9-17(19(23)25-10-16)20(24)26-18(28)5-11-1-3-14(4-2-11)27(29)30/h1-4,6-10H,5H2,(H2,23,25)(H2,24,26,28). The second kappa shape index (κ2) is 9.30. The number of nitro benzene ring substituents is 1. The first kappa shape index (κ1) is 21.8. The molecule has 0 atom stereocenters. The Bertz CT molecular complexity index is 1150. The molecule has 4 N–H and O–H groups in total. The van der Waals surface area contributed by atoms with Crippen LogP contribution in [-0.4, -0.2) is 21.7 Å². The number of nitrogens with zero attached hydrogens (tertiary/aromatic N) is 2. The normalized spacial score (nSPS) is 10.5. The highest BCUT2D eigenvalue weighted by Crippen LogP contribution is 2.30. The first-order valence-corrected chi connectivity index (χ1v) is 9.54. The maximum absolute atomic E-state index is 13.4. The fourth-order valence-corrected chi connectivity index (χ4v) is 3.50. The fourth-order valence-electron chi connectivity index (χ4n) is 2.61. The molecule has 0 saturated carbocycles. The minimum Gasteiger partial charge on any atom is -0.383 e. The summed E-state index contributed by atoms with van der Waals surface area (Å²) >= 11 is 1.02. The molecule has 1 amide bonds. The molecule has 0 spiro atoms. The first-order valence-electron chi connectivity index (χ1n) is 8.73. The van der Waals surface area contributed by atoms with Crippen LogP contribution in [0.4, 0.5) is 20.3 Å². The van der Waals surface area contributed by atoms with E-state index in [1.807, 2.05) is 0 Å². The predicted octanol–water partition coefficient (Wildman–Crippen LogP) is 3.69. The third kappa shape index (κ3) is 5.82. The number of hydrogen-bond donors (Lipinski definition) is 3. The Morgan fingerprint density at radius 2 is 1.77 bits per heavy atom. The van der Waals surface area contributed by atoms with Crippen LogP contribution in [0.15, 0.2) is 64.5 Å². The van der Waals surface area contributed by atoms with Gasteiger partial charge in [-0.15, -0.1) is 0 Å². The van der Waals surface area contributed by atoms with Crippen LogP contribution < -0.4 is 11.1 Å². The average Bonchev–Trinajstić information content (AvgIpc) is 2.69. The number of carbonyl (C=O) groups is 1. The molecule has 0 saturated heterocycles. The largest absolute Gasteiger partial charge is 0.383 e. The highest BCUT2D eigenvalue weighted by molar-refractivity contribution is 7.99. The van der Waals surface area contributed by atoms with Crippen molar-refractivity contribution in [2.24, 2.45) is 0 Å². The number of benzene rings is 2. The number of hydrogen-bond acceptors (Lipinski definition) is 7. The van der Waals surface area contributed by atoms with E-state index in [1.54, 1.807) is 0 Å². The maximum Gasteiger partial charge on any atom is 0.269 e. The summed E-state index contributed by atoms with van der Waals surface area (Å²) in [4.78, 5) is 27.1. The SMILES string of the molecule is N=C(NC(=O)Cc1ccc([N+](=O)[O-])cc1)c1cc(Sc2cc(F)cc(F)c2)cnc1N. The molecule has 3 aromatic rings. The second-order valence-corrected chi connectivity index (χ2v) is 7.48. The lowest BCUT2D eigenvalue weighted by Crippen LogP contribution is -2.32. The molecule has 0 radical (unpaired) electrons. The topological polar surface area (TPSA) is 135 Å². The average molecular weight is 443 g/mol. The van der Waals surface area contributed by atoms with Crippen molar-refractivity contribution >= 4 is 35.0 Å². The molecule has 11 heteroatoms. The first-order chi connectivity index (χ1) is 14.7. The Balaban J connectivity index is 1.69. The van der Waals surface area contributed by atoms with Crippen LogP contribution in [0.5, 0.6) is 0 Å². The molecule has 31 heavy (non-hydrogen) atoms. The van der Waals surface area contributed by atoms with Gasteiger partial charge in [0.15, 0.2) is 0 Å². The van der Waals surface area contributed by atoms with Crippen LogP contribution in [0.2, 0.25) is 0 Å². The molecular formula is C20H15F2N5O3S. The number of non-ortho nitro benzene ring substituents is 1. The van der Waals surface area contributed by atoms with Gasteiger partial charge in [0.2, 0.25) is 5.91 Å². The highest BCUT2D eigenvalue weighted by atomic mass is 32.2. The van der Waals surface area contributed by atoms with Gasteiger partial charge in [-0.3, -0.25) is 20.3 Å². The Labute approximate surface area is 179 Å². The third-order valence-electron chi connectivity index (χ3n) is 4.01. The van der Waals surface area contributed by atoms with E-state index in [-0.39, 0.29) is 29.3 Å². The van der Waals surface area contributed by atoms with Gasteiger partial charge in [-0.25, -0.2) is 13.8 Å². The lowest BCUT2D eigenvalue weighted by Gasteiger charge is -2.11. The van der Waals surface area contributed by atoms with Crippen molar-refractivity contribution in [2.45, 2.75) is 16.2 Å². The molecule has 0 unspecified atom stereocenters. The van der Waals surface area contributed by atoms with Crippen molar-refractivity contribution in [2.75, 3.05) is 5.73 Å². The number of nitro groups is 1. The highest BCUT2D eigenvalue weighted by Gasteiger charge is 2.14. The molecule has 0 aliphatic rings. The van der Waals surface area contributed by atoms with Gasteiger partial charge < -0.3 is 11.1 Å². The fraction of sp³-hybridized carbons (Fsp3) is 0.0500. The van der Waals surface area contributed by atoms with Crippen LogP contribution in [0.25, 0.3) is 0 Å². The molecule has 0 bridgehead atoms. The van der Waals surface area contributed by atoms with Gasteiger partial charge in [-0.1, -0.05) is 23.9 Å². The zero-order chi connectivity index (χ0) is 22.5. The van der Waals surface area contributed by atoms with Crippen molar-refractivity contribution < 1.29 is 18.5 Å². The van der Waals surface area contributed by atoms with Gasteiger partial charge >= 0.3 is 0 Å². The molecule has 0 aliphatic carbocycles. The van der Waals surface area contributed by atoms with E-state index in [2.05, 4.69) is 10.3 Å². The number of halogens is 2. The Morgan fingerprint density at radius 3 is 2.39 bits per heavy atom. The summed E-state index contributed by atoms with van der Waals surface area (Å²) in [5, 5.41) is 21.2. The number of nitrogens with one attached hydrogen (secondary N) is 2. The maximum atomic E-state index is 13.4. The molecule has 3 rings (SSSR count). The number of pyridine rings is 1. The number of anilines is 1. The number of amides is 1. The van der Waals surface area contributed by atoms with Crippen LogP contribution in [0, 0.1) is 27.2 Å². The predicted molar refractivity (Wildman–Crippen MR) is 111 cm³/mol. The van der Waals surface area contributed by atoms with Crippen LogP contribution in [0.3, 0.4) is 0 Å². The zero-order valence-corrected chi connectivity index (χ0v) is 16.6. The molecule has 0 fully saturated rings. The summed E-state index contributed by atoms with van der Waals surface area (Å²) < 4.78 is 26.8. The second-order valence-electron chi connectivity index (χ2n) is 6.33. The van der Waals surface area contributed by atoms with Gasteiger partial charge in [0, 0.05) is 34.2 Å². The summed E-state index contributed by atoms with van der Waals surface area (Å²) in [6.07, 6.45) is 1.28.